The molecule has 0 aliphatic rings. The standard InChI is InChI=1S/C6H4BrN3/c7-5-3-9-6-4(10-5)1-2-8-6/h1-3H,(H,8,9)/i1D,2D,3D. The van der Waals surface area contributed by atoms with Crippen molar-refractivity contribution < 1.29 is 4.11 Å². The molecule has 2 aromatic heterocycles. The Morgan fingerprint density at radius 2 is 2.60 bits per heavy atom. The van der Waals surface area contributed by atoms with E-state index in [0.29, 0.717) is 11.2 Å². The zero-order valence-corrected chi connectivity index (χ0v) is 6.36. The van der Waals surface area contributed by atoms with Gasteiger partial charge >= 0.3 is 0 Å². The average Bonchev–Trinajstić information content (AvgIpc) is 2.32. The summed E-state index contributed by atoms with van der Waals surface area (Å²) < 4.78 is 22.3. The van der Waals surface area contributed by atoms with E-state index in [2.05, 4.69) is 30.9 Å². The van der Waals surface area contributed by atoms with Gasteiger partial charge in [0, 0.05) is 6.17 Å². The summed E-state index contributed by atoms with van der Waals surface area (Å²) in [5, 5.41) is 0. The molecule has 0 saturated carbocycles. The molecule has 1 N–H and O–H groups in total. The minimum atomic E-state index is -0.0347. The van der Waals surface area contributed by atoms with Crippen LogP contribution in [0, 0.1) is 0 Å². The van der Waals surface area contributed by atoms with Gasteiger partial charge in [-0.25, -0.2) is 9.97 Å². The van der Waals surface area contributed by atoms with Crippen LogP contribution in [-0.4, -0.2) is 15.0 Å². The molecule has 4 heteroatoms. The summed E-state index contributed by atoms with van der Waals surface area (Å²) in [4.78, 5) is 10.3. The van der Waals surface area contributed by atoms with Gasteiger partial charge in [0.1, 0.15) is 10.1 Å². The molecular formula is C6H4BrN3. The van der Waals surface area contributed by atoms with Crippen molar-refractivity contribution in [2.75, 3.05) is 0 Å². The van der Waals surface area contributed by atoms with Gasteiger partial charge in [-0.3, -0.25) is 0 Å². The maximum atomic E-state index is 7.43. The van der Waals surface area contributed by atoms with Crippen LogP contribution in [0.1, 0.15) is 4.11 Å². The summed E-state index contributed by atoms with van der Waals surface area (Å²) in [5.74, 6) is 0. The van der Waals surface area contributed by atoms with Crippen LogP contribution in [0.25, 0.3) is 11.2 Å². The summed E-state index contributed by atoms with van der Waals surface area (Å²) >= 11 is 3.04. The molecule has 0 radical (unpaired) electrons. The molecule has 3 nitrogen and oxygen atoms in total. The Kier molecular flexibility index (Phi) is 0.715. The Hall–Kier alpha value is -0.900. The monoisotopic (exact) mass is 200 g/mol. The Morgan fingerprint density at radius 1 is 1.70 bits per heavy atom. The van der Waals surface area contributed by atoms with Gasteiger partial charge in [0.05, 0.1) is 10.3 Å². The van der Waals surface area contributed by atoms with Gasteiger partial charge in [0.25, 0.3) is 0 Å². The first-order valence-corrected chi connectivity index (χ1v) is 3.38. The summed E-state index contributed by atoms with van der Waals surface area (Å²) in [5.41, 5.74) is 0.621. The third-order valence-electron chi connectivity index (χ3n) is 1.06. The van der Waals surface area contributed by atoms with Crippen molar-refractivity contribution in [1.82, 2.24) is 15.0 Å². The number of nitrogens with one attached hydrogen (secondary N) is 1. The van der Waals surface area contributed by atoms with E-state index in [1.807, 2.05) is 0 Å². The van der Waals surface area contributed by atoms with Crippen LogP contribution in [0.4, 0.5) is 0 Å². The summed E-state index contributed by atoms with van der Waals surface area (Å²) in [7, 11) is 0. The van der Waals surface area contributed by atoms with Gasteiger partial charge in [0.15, 0.2) is 5.65 Å². The number of H-pyrrole nitrogens is 1. The Morgan fingerprint density at radius 3 is 3.50 bits per heavy atom. The first-order chi connectivity index (χ1) is 6.09. The summed E-state index contributed by atoms with van der Waals surface area (Å²) in [6.07, 6.45) is -0.0405. The maximum absolute atomic E-state index is 7.43. The van der Waals surface area contributed by atoms with Crippen LogP contribution in [0.15, 0.2) is 23.0 Å². The molecule has 0 aliphatic carbocycles. The average molecular weight is 201 g/mol. The Balaban J connectivity index is 2.89. The second-order valence-corrected chi connectivity index (χ2v) is 2.45. The van der Waals surface area contributed by atoms with Crippen LogP contribution >= 0.6 is 15.9 Å². The minimum Gasteiger partial charge on any atom is -0.345 e. The van der Waals surface area contributed by atoms with Crippen LogP contribution in [0.5, 0.6) is 0 Å². The lowest BCUT2D eigenvalue weighted by Crippen LogP contribution is -1.79. The highest BCUT2D eigenvalue weighted by Gasteiger charge is 1.95. The maximum Gasteiger partial charge on any atom is 0.156 e. The van der Waals surface area contributed by atoms with Crippen molar-refractivity contribution in [2.45, 2.75) is 0 Å². The molecule has 0 amide bonds. The number of rotatable bonds is 0. The molecule has 0 aromatic carbocycles. The highest BCUT2D eigenvalue weighted by atomic mass is 79.9. The lowest BCUT2D eigenvalue weighted by atomic mass is 10.5. The molecule has 2 aromatic rings. The highest BCUT2D eigenvalue weighted by molar-refractivity contribution is 9.10. The highest BCUT2D eigenvalue weighted by Crippen LogP contribution is 2.09. The van der Waals surface area contributed by atoms with Gasteiger partial charge in [0.2, 0.25) is 0 Å². The molecule has 0 fully saturated rings. The van der Waals surface area contributed by atoms with E-state index in [4.69, 9.17) is 4.11 Å². The molecule has 2 heterocycles. The Bertz CT molecular complexity index is 481. The molecule has 50 valence electrons. The lowest BCUT2D eigenvalue weighted by molar-refractivity contribution is 1.23. The predicted octanol–water partition coefficient (Wildman–Crippen LogP) is 1.72. The number of nitrogens with zero attached hydrogens (tertiary/aromatic N) is 2. The van der Waals surface area contributed by atoms with Crippen molar-refractivity contribution in [1.29, 1.82) is 0 Å². The fraction of sp³-hybridized carbons (Fsp3) is 0. The molecule has 0 unspecified atom stereocenters. The first kappa shape index (κ1) is 3.48. The third-order valence-corrected chi connectivity index (χ3v) is 1.41. The van der Waals surface area contributed by atoms with Gasteiger partial charge in [-0.2, -0.15) is 0 Å². The zero-order chi connectivity index (χ0) is 9.59. The van der Waals surface area contributed by atoms with Crippen LogP contribution < -0.4 is 0 Å². The quantitative estimate of drug-likeness (QED) is 0.704. The summed E-state index contributed by atoms with van der Waals surface area (Å²) in [6, 6.07) is 0.00296. The van der Waals surface area contributed by atoms with E-state index in [-0.39, 0.29) is 23.0 Å². The normalized spacial score (nSPS) is 14.7. The number of hydrogen-bond donors (Lipinski definition) is 1. The van der Waals surface area contributed by atoms with Crippen molar-refractivity contribution in [3.63, 3.8) is 0 Å². The van der Waals surface area contributed by atoms with Gasteiger partial charge in [-0.1, -0.05) is 0 Å². The number of fused-ring (bicyclic) bond motifs is 1. The SMILES string of the molecule is [2H]c1nc2[nH]c([2H])c([2H])c2nc1Br. The van der Waals surface area contributed by atoms with Crippen molar-refractivity contribution in [3.05, 3.63) is 23.0 Å². The molecule has 10 heavy (non-hydrogen) atoms. The van der Waals surface area contributed by atoms with E-state index in [1.54, 1.807) is 0 Å². The fourth-order valence-electron chi connectivity index (χ4n) is 0.655. The molecular weight excluding hydrogens is 194 g/mol. The van der Waals surface area contributed by atoms with Gasteiger partial charge < -0.3 is 4.98 Å². The van der Waals surface area contributed by atoms with Crippen molar-refractivity contribution in [3.8, 4) is 0 Å². The topological polar surface area (TPSA) is 41.6 Å². The number of halogens is 1. The minimum absolute atomic E-state index is 0.00296. The van der Waals surface area contributed by atoms with Crippen LogP contribution in [0.3, 0.4) is 0 Å². The second-order valence-electron chi connectivity index (χ2n) is 1.70. The van der Waals surface area contributed by atoms with E-state index in [1.165, 1.54) is 0 Å². The lowest BCUT2D eigenvalue weighted by Gasteiger charge is -1.87. The fourth-order valence-corrected chi connectivity index (χ4v) is 0.921. The number of hydrogen-bond acceptors (Lipinski definition) is 2. The van der Waals surface area contributed by atoms with E-state index in [0.717, 1.165) is 0 Å². The van der Waals surface area contributed by atoms with E-state index >= 15 is 0 Å². The van der Waals surface area contributed by atoms with Gasteiger partial charge in [-0.05, 0) is 22.0 Å². The first-order valence-electron chi connectivity index (χ1n) is 4.08. The zero-order valence-electron chi connectivity index (χ0n) is 7.77. The largest absolute Gasteiger partial charge is 0.345 e. The number of aromatic amines is 1. The van der Waals surface area contributed by atoms with Crippen LogP contribution in [-0.2, 0) is 0 Å². The van der Waals surface area contributed by atoms with Gasteiger partial charge in [-0.15, -0.1) is 0 Å². The molecule has 2 rings (SSSR count). The van der Waals surface area contributed by atoms with Crippen LogP contribution in [0.2, 0.25) is 0 Å². The predicted molar refractivity (Wildman–Crippen MR) is 41.6 cm³/mol. The second kappa shape index (κ2) is 2.05. The molecule has 0 aliphatic heterocycles. The molecule has 0 bridgehead atoms. The van der Waals surface area contributed by atoms with E-state index in [9.17, 15) is 0 Å². The number of aromatic nitrogens is 3. The van der Waals surface area contributed by atoms with Crippen molar-refractivity contribution >= 4 is 27.1 Å². The molecule has 0 spiro atoms. The Labute approximate surface area is 69.8 Å². The summed E-state index contributed by atoms with van der Waals surface area (Å²) in [6.45, 7) is 0. The molecule has 0 saturated heterocycles. The van der Waals surface area contributed by atoms with E-state index < -0.39 is 0 Å². The van der Waals surface area contributed by atoms with Crippen molar-refractivity contribution in [2.24, 2.45) is 0 Å². The molecule has 0 atom stereocenters. The third kappa shape index (κ3) is 0.806. The smallest absolute Gasteiger partial charge is 0.156 e.